The van der Waals surface area contributed by atoms with Crippen molar-refractivity contribution in [3.63, 3.8) is 0 Å². The Hall–Kier alpha value is -4.37. The summed E-state index contributed by atoms with van der Waals surface area (Å²) in [6, 6.07) is 19.8. The smallest absolute Gasteiger partial charge is 0.335 e. The number of rotatable bonds is 4. The van der Waals surface area contributed by atoms with Gasteiger partial charge < -0.3 is 14.0 Å². The lowest BCUT2D eigenvalue weighted by atomic mass is 10.0. The lowest BCUT2D eigenvalue weighted by molar-refractivity contribution is -0.122. The number of carbonyl (C=O) groups excluding carboxylic acids is 3. The number of nitrogens with zero attached hydrogens (tertiary/aromatic N) is 2. The first-order valence-corrected chi connectivity index (χ1v) is 12.3. The maximum Gasteiger partial charge on any atom is 0.335 e. The molecular weight excluding hydrogens is 538 g/mol. The van der Waals surface area contributed by atoms with Crippen molar-refractivity contribution < 1.29 is 23.9 Å². The zero-order valence-electron chi connectivity index (χ0n) is 19.7. The first kappa shape index (κ1) is 23.1. The van der Waals surface area contributed by atoms with E-state index in [1.807, 2.05) is 55.5 Å². The number of aromatic nitrogens is 1. The first-order valence-electron chi connectivity index (χ1n) is 11.5. The third kappa shape index (κ3) is 3.97. The number of barbiturate groups is 1. The summed E-state index contributed by atoms with van der Waals surface area (Å²) in [5, 5.41) is 3.19. The van der Waals surface area contributed by atoms with E-state index in [1.54, 1.807) is 24.3 Å². The van der Waals surface area contributed by atoms with Crippen LogP contribution in [0.5, 0.6) is 11.5 Å². The lowest BCUT2D eigenvalue weighted by Gasteiger charge is -2.26. The molecule has 37 heavy (non-hydrogen) atoms. The van der Waals surface area contributed by atoms with E-state index < -0.39 is 17.8 Å². The maximum absolute atomic E-state index is 13.5. The van der Waals surface area contributed by atoms with Gasteiger partial charge in [0.15, 0.2) is 11.5 Å². The summed E-state index contributed by atoms with van der Waals surface area (Å²) < 4.78 is 13.9. The molecule has 0 unspecified atom stereocenters. The van der Waals surface area contributed by atoms with Crippen molar-refractivity contribution in [1.82, 2.24) is 9.88 Å². The average molecular weight is 558 g/mol. The normalized spacial score (nSPS) is 16.1. The number of urea groups is 1. The molecule has 0 atom stereocenters. The van der Waals surface area contributed by atoms with E-state index in [0.717, 1.165) is 37.1 Å². The molecule has 6 rings (SSSR count). The Morgan fingerprint density at radius 1 is 0.973 bits per heavy atom. The molecule has 1 saturated heterocycles. The molecule has 9 heteroatoms. The molecule has 3 heterocycles. The Balaban J connectivity index is 1.43. The van der Waals surface area contributed by atoms with Gasteiger partial charge in [-0.2, -0.15) is 0 Å². The second-order valence-corrected chi connectivity index (χ2v) is 9.64. The second-order valence-electron chi connectivity index (χ2n) is 8.72. The highest BCUT2D eigenvalue weighted by atomic mass is 79.9. The first-order chi connectivity index (χ1) is 17.9. The number of ether oxygens (including phenoxy) is 2. The van der Waals surface area contributed by atoms with Crippen molar-refractivity contribution in [3.05, 3.63) is 93.6 Å². The third-order valence-corrected chi connectivity index (χ3v) is 7.07. The van der Waals surface area contributed by atoms with Crippen molar-refractivity contribution in [1.29, 1.82) is 0 Å². The quantitative estimate of drug-likeness (QED) is 0.276. The summed E-state index contributed by atoms with van der Waals surface area (Å²) >= 11 is 3.47. The molecule has 4 amide bonds. The van der Waals surface area contributed by atoms with Crippen LogP contribution in [0.4, 0.5) is 10.5 Å². The Labute approximate surface area is 220 Å². The molecule has 8 nitrogen and oxygen atoms in total. The number of fused-ring (bicyclic) bond motifs is 2. The number of halogens is 1. The van der Waals surface area contributed by atoms with Gasteiger partial charge in [0.1, 0.15) is 5.57 Å². The number of anilines is 1. The second kappa shape index (κ2) is 8.94. The van der Waals surface area contributed by atoms with Gasteiger partial charge in [0.2, 0.25) is 6.79 Å². The molecule has 2 aliphatic heterocycles. The van der Waals surface area contributed by atoms with Gasteiger partial charge in [-0.1, -0.05) is 46.3 Å². The molecule has 3 aromatic carbocycles. The predicted molar refractivity (Wildman–Crippen MR) is 141 cm³/mol. The van der Waals surface area contributed by atoms with Crippen molar-refractivity contribution in [3.8, 4) is 11.5 Å². The fourth-order valence-corrected chi connectivity index (χ4v) is 4.94. The van der Waals surface area contributed by atoms with Gasteiger partial charge in [-0.15, -0.1) is 0 Å². The third-order valence-electron chi connectivity index (χ3n) is 6.54. The van der Waals surface area contributed by atoms with Gasteiger partial charge in [0.25, 0.3) is 11.8 Å². The number of amides is 4. The van der Waals surface area contributed by atoms with Crippen molar-refractivity contribution in [2.75, 3.05) is 11.7 Å². The molecule has 4 aromatic rings. The molecule has 0 radical (unpaired) electrons. The van der Waals surface area contributed by atoms with Gasteiger partial charge >= 0.3 is 6.03 Å². The van der Waals surface area contributed by atoms with E-state index in [0.29, 0.717) is 18.0 Å². The minimum Gasteiger partial charge on any atom is -0.454 e. The lowest BCUT2D eigenvalue weighted by Crippen LogP contribution is -2.54. The summed E-state index contributed by atoms with van der Waals surface area (Å²) in [4.78, 5) is 40.0. The molecule has 1 N–H and O–H groups in total. The molecule has 0 saturated carbocycles. The summed E-state index contributed by atoms with van der Waals surface area (Å²) in [5.74, 6) is -0.505. The highest BCUT2D eigenvalue weighted by molar-refractivity contribution is 9.10. The van der Waals surface area contributed by atoms with Gasteiger partial charge in [0, 0.05) is 39.2 Å². The summed E-state index contributed by atoms with van der Waals surface area (Å²) in [6.07, 6.45) is 1.57. The number of benzene rings is 3. The van der Waals surface area contributed by atoms with Crippen molar-refractivity contribution in [2.45, 2.75) is 13.5 Å². The van der Waals surface area contributed by atoms with E-state index >= 15 is 0 Å². The standard InChI is InChI=1S/C28H20BrN3O5/c1-16-21(20-4-2-3-5-23(20)31(16)14-17-6-8-18(29)9-7-17)13-22-26(33)30-28(35)32(27(22)34)19-10-11-24-25(12-19)37-15-36-24/h2-13H,14-15H2,1H3,(H,30,33,35)/b22-13+. The summed E-state index contributed by atoms with van der Waals surface area (Å²) in [5.41, 5.74) is 3.86. The molecule has 1 aromatic heterocycles. The number of hydrogen-bond acceptors (Lipinski definition) is 5. The van der Waals surface area contributed by atoms with Crippen LogP contribution in [0.15, 0.2) is 76.8 Å². The number of nitrogens with one attached hydrogen (secondary N) is 1. The number of imide groups is 2. The van der Waals surface area contributed by atoms with Crippen LogP contribution in [0.25, 0.3) is 17.0 Å². The van der Waals surface area contributed by atoms with Crippen LogP contribution < -0.4 is 19.7 Å². The fraction of sp³-hybridized carbons (Fsp3) is 0.107. The van der Waals surface area contributed by atoms with Gasteiger partial charge in [-0.3, -0.25) is 14.9 Å². The van der Waals surface area contributed by atoms with E-state index in [4.69, 9.17) is 9.47 Å². The number of para-hydroxylation sites is 1. The van der Waals surface area contributed by atoms with Crippen LogP contribution in [0.1, 0.15) is 16.8 Å². The highest BCUT2D eigenvalue weighted by Gasteiger charge is 2.37. The molecule has 0 aliphatic carbocycles. The molecular formula is C28H20BrN3O5. The van der Waals surface area contributed by atoms with E-state index in [1.165, 1.54) is 0 Å². The van der Waals surface area contributed by atoms with Crippen LogP contribution in [0, 0.1) is 6.92 Å². The van der Waals surface area contributed by atoms with Gasteiger partial charge in [-0.05, 0) is 48.9 Å². The van der Waals surface area contributed by atoms with Crippen LogP contribution in [0.3, 0.4) is 0 Å². The van der Waals surface area contributed by atoms with Crippen molar-refractivity contribution >= 4 is 56.4 Å². The largest absolute Gasteiger partial charge is 0.454 e. The molecule has 184 valence electrons. The predicted octanol–water partition coefficient (Wildman–Crippen LogP) is 5.16. The monoisotopic (exact) mass is 557 g/mol. The Morgan fingerprint density at radius 2 is 1.73 bits per heavy atom. The molecule has 1 fully saturated rings. The van der Waals surface area contributed by atoms with E-state index in [2.05, 4.69) is 25.8 Å². The molecule has 0 bridgehead atoms. The van der Waals surface area contributed by atoms with E-state index in [-0.39, 0.29) is 18.1 Å². The van der Waals surface area contributed by atoms with Crippen LogP contribution in [-0.4, -0.2) is 29.2 Å². The van der Waals surface area contributed by atoms with Crippen molar-refractivity contribution in [2.24, 2.45) is 0 Å². The zero-order chi connectivity index (χ0) is 25.7. The summed E-state index contributed by atoms with van der Waals surface area (Å²) in [7, 11) is 0. The Bertz CT molecular complexity index is 1640. The topological polar surface area (TPSA) is 89.9 Å². The maximum atomic E-state index is 13.5. The minimum atomic E-state index is -0.819. The van der Waals surface area contributed by atoms with Gasteiger partial charge in [-0.25, -0.2) is 9.69 Å². The average Bonchev–Trinajstić information content (AvgIpc) is 3.45. The molecule has 0 spiro atoms. The number of carbonyl (C=O) groups is 3. The SMILES string of the molecule is Cc1c(/C=C2\C(=O)NC(=O)N(c3ccc4c(c3)OCO4)C2=O)c2ccccc2n1Cc1ccc(Br)cc1. The Kier molecular flexibility index (Phi) is 5.57. The van der Waals surface area contributed by atoms with Gasteiger partial charge in [0.05, 0.1) is 5.69 Å². The van der Waals surface area contributed by atoms with Crippen LogP contribution in [0.2, 0.25) is 0 Å². The van der Waals surface area contributed by atoms with Crippen LogP contribution in [-0.2, 0) is 16.1 Å². The van der Waals surface area contributed by atoms with Crippen LogP contribution >= 0.6 is 15.9 Å². The fourth-order valence-electron chi connectivity index (χ4n) is 4.68. The van der Waals surface area contributed by atoms with E-state index in [9.17, 15) is 14.4 Å². The summed E-state index contributed by atoms with van der Waals surface area (Å²) in [6.45, 7) is 2.63. The number of hydrogen-bond donors (Lipinski definition) is 1. The minimum absolute atomic E-state index is 0.0617. The highest BCUT2D eigenvalue weighted by Crippen LogP contribution is 2.37. The Morgan fingerprint density at radius 3 is 2.54 bits per heavy atom. The zero-order valence-corrected chi connectivity index (χ0v) is 21.2. The molecule has 2 aliphatic rings.